The summed E-state index contributed by atoms with van der Waals surface area (Å²) in [5.74, 6) is -0.810. The number of rotatable bonds is 3. The monoisotopic (exact) mass is 341 g/mol. The van der Waals surface area contributed by atoms with Gasteiger partial charge in [0.15, 0.2) is 5.60 Å². The Morgan fingerprint density at radius 1 is 1.32 bits per heavy atom. The molecule has 1 N–H and O–H groups in total. The van der Waals surface area contributed by atoms with Gasteiger partial charge < -0.3 is 10.1 Å². The Morgan fingerprint density at radius 2 is 2.00 bits per heavy atom. The summed E-state index contributed by atoms with van der Waals surface area (Å²) < 4.78 is 7.36. The second kappa shape index (κ2) is 6.02. The second-order valence-electron chi connectivity index (χ2n) is 6.99. The summed E-state index contributed by atoms with van der Waals surface area (Å²) in [7, 11) is 0. The summed E-state index contributed by atoms with van der Waals surface area (Å²) >= 11 is 0. The molecule has 132 valence electrons. The number of carbonyl (C=O) groups excluding carboxylic acids is 2. The smallest absolute Gasteiger partial charge is 0.339 e. The van der Waals surface area contributed by atoms with Crippen molar-refractivity contribution in [3.8, 4) is 0 Å². The minimum atomic E-state index is -1.25. The van der Waals surface area contributed by atoms with Crippen molar-refractivity contribution in [3.05, 3.63) is 46.8 Å². The fourth-order valence-electron chi connectivity index (χ4n) is 3.25. The van der Waals surface area contributed by atoms with E-state index < -0.39 is 11.6 Å². The lowest BCUT2D eigenvalue weighted by Crippen LogP contribution is -2.49. The number of benzene rings is 1. The van der Waals surface area contributed by atoms with Crippen LogP contribution in [0.5, 0.6) is 0 Å². The summed E-state index contributed by atoms with van der Waals surface area (Å²) in [6, 6.07) is 7.41. The van der Waals surface area contributed by atoms with Crippen LogP contribution in [0.1, 0.15) is 54.1 Å². The SMILES string of the molecule is Cc1nn(C(C)C)c(C)c1NC(=O)C1(C)Cc2ccccc2C(=O)O1. The standard InChI is InChI=1S/C19H23N3O3/c1-11(2)22-13(4)16(12(3)21-22)20-18(24)19(5)10-14-8-6-7-9-15(14)17(23)25-19/h6-9,11H,10H2,1-5H3,(H,20,24). The molecule has 1 amide bonds. The van der Waals surface area contributed by atoms with Crippen molar-refractivity contribution in [1.29, 1.82) is 0 Å². The third-order valence-corrected chi connectivity index (χ3v) is 4.62. The Kier molecular flexibility index (Phi) is 4.14. The first kappa shape index (κ1) is 17.2. The molecule has 25 heavy (non-hydrogen) atoms. The van der Waals surface area contributed by atoms with E-state index in [4.69, 9.17) is 4.74 Å². The molecule has 1 aliphatic heterocycles. The van der Waals surface area contributed by atoms with E-state index in [0.29, 0.717) is 17.7 Å². The molecule has 2 aromatic rings. The summed E-state index contributed by atoms with van der Waals surface area (Å²) in [4.78, 5) is 25.2. The molecule has 0 aliphatic carbocycles. The van der Waals surface area contributed by atoms with Crippen molar-refractivity contribution >= 4 is 17.6 Å². The van der Waals surface area contributed by atoms with E-state index in [-0.39, 0.29) is 11.9 Å². The van der Waals surface area contributed by atoms with E-state index in [1.54, 1.807) is 19.1 Å². The molecular formula is C19H23N3O3. The van der Waals surface area contributed by atoms with Gasteiger partial charge in [0.2, 0.25) is 0 Å². The highest BCUT2D eigenvalue weighted by atomic mass is 16.6. The predicted molar refractivity (Wildman–Crippen MR) is 94.7 cm³/mol. The largest absolute Gasteiger partial charge is 0.445 e. The van der Waals surface area contributed by atoms with Crippen LogP contribution < -0.4 is 5.32 Å². The predicted octanol–water partition coefficient (Wildman–Crippen LogP) is 3.19. The Bertz CT molecular complexity index is 854. The van der Waals surface area contributed by atoms with Gasteiger partial charge in [-0.3, -0.25) is 9.48 Å². The highest BCUT2D eigenvalue weighted by Gasteiger charge is 2.43. The van der Waals surface area contributed by atoms with Crippen LogP contribution in [0, 0.1) is 13.8 Å². The molecule has 6 nitrogen and oxygen atoms in total. The highest BCUT2D eigenvalue weighted by molar-refractivity contribution is 6.02. The third kappa shape index (κ3) is 2.92. The van der Waals surface area contributed by atoms with E-state index >= 15 is 0 Å². The third-order valence-electron chi connectivity index (χ3n) is 4.62. The summed E-state index contributed by atoms with van der Waals surface area (Å²) in [5.41, 5.74) is 2.40. The van der Waals surface area contributed by atoms with Gasteiger partial charge >= 0.3 is 5.97 Å². The van der Waals surface area contributed by atoms with E-state index in [1.807, 2.05) is 44.5 Å². The fourth-order valence-corrected chi connectivity index (χ4v) is 3.25. The number of nitrogens with zero attached hydrogens (tertiary/aromatic N) is 2. The van der Waals surface area contributed by atoms with Gasteiger partial charge in [-0.2, -0.15) is 5.10 Å². The molecule has 1 aromatic carbocycles. The number of nitrogens with one attached hydrogen (secondary N) is 1. The van der Waals surface area contributed by atoms with Gasteiger partial charge in [-0.05, 0) is 46.2 Å². The normalized spacial score (nSPS) is 19.5. The van der Waals surface area contributed by atoms with Crippen molar-refractivity contribution in [2.75, 3.05) is 5.32 Å². The Hall–Kier alpha value is -2.63. The first-order chi connectivity index (χ1) is 11.7. The Morgan fingerprint density at radius 3 is 2.64 bits per heavy atom. The maximum absolute atomic E-state index is 12.9. The number of ether oxygens (including phenoxy) is 1. The minimum absolute atomic E-state index is 0.194. The van der Waals surface area contributed by atoms with Crippen molar-refractivity contribution in [3.63, 3.8) is 0 Å². The van der Waals surface area contributed by atoms with E-state index in [0.717, 1.165) is 17.0 Å². The Balaban J connectivity index is 1.89. The topological polar surface area (TPSA) is 73.2 Å². The number of carbonyl (C=O) groups is 2. The average Bonchev–Trinajstić information content (AvgIpc) is 2.83. The molecule has 0 spiro atoms. The zero-order valence-electron chi connectivity index (χ0n) is 15.2. The average molecular weight is 341 g/mol. The van der Waals surface area contributed by atoms with Gasteiger partial charge in [-0.15, -0.1) is 0 Å². The van der Waals surface area contributed by atoms with Crippen LogP contribution in [0.3, 0.4) is 0 Å². The van der Waals surface area contributed by atoms with Crippen LogP contribution >= 0.6 is 0 Å². The number of aryl methyl sites for hydroxylation is 1. The second-order valence-corrected chi connectivity index (χ2v) is 6.99. The molecule has 3 rings (SSSR count). The van der Waals surface area contributed by atoms with Gasteiger partial charge in [0.05, 0.1) is 22.6 Å². The van der Waals surface area contributed by atoms with Gasteiger partial charge in [0.25, 0.3) is 5.91 Å². The van der Waals surface area contributed by atoms with Crippen molar-refractivity contribution in [2.45, 2.75) is 52.7 Å². The maximum atomic E-state index is 12.9. The zero-order chi connectivity index (χ0) is 18.4. The lowest BCUT2D eigenvalue weighted by atomic mass is 9.89. The summed E-state index contributed by atoms with van der Waals surface area (Å²) in [6.07, 6.45) is 0.344. The molecule has 0 radical (unpaired) electrons. The van der Waals surface area contributed by atoms with Gasteiger partial charge in [-0.25, -0.2) is 4.79 Å². The Labute approximate surface area is 147 Å². The molecule has 0 fully saturated rings. The van der Waals surface area contributed by atoms with E-state index in [1.165, 1.54) is 0 Å². The molecule has 1 aromatic heterocycles. The number of anilines is 1. The number of cyclic esters (lactones) is 1. The van der Waals surface area contributed by atoms with Gasteiger partial charge in [0, 0.05) is 12.5 Å². The number of hydrogen-bond donors (Lipinski definition) is 1. The minimum Gasteiger partial charge on any atom is -0.445 e. The van der Waals surface area contributed by atoms with Gasteiger partial charge in [-0.1, -0.05) is 18.2 Å². The molecule has 1 unspecified atom stereocenters. The lowest BCUT2D eigenvalue weighted by Gasteiger charge is -2.33. The lowest BCUT2D eigenvalue weighted by molar-refractivity contribution is -0.134. The number of fused-ring (bicyclic) bond motifs is 1. The van der Waals surface area contributed by atoms with Gasteiger partial charge in [0.1, 0.15) is 0 Å². The molecule has 2 heterocycles. The first-order valence-electron chi connectivity index (χ1n) is 8.41. The molecule has 1 aliphatic rings. The maximum Gasteiger partial charge on any atom is 0.339 e. The molecule has 0 saturated carbocycles. The number of hydrogen-bond acceptors (Lipinski definition) is 4. The van der Waals surface area contributed by atoms with E-state index in [2.05, 4.69) is 10.4 Å². The van der Waals surface area contributed by atoms with Crippen LogP contribution in [0.25, 0.3) is 0 Å². The van der Waals surface area contributed by atoms with E-state index in [9.17, 15) is 9.59 Å². The zero-order valence-corrected chi connectivity index (χ0v) is 15.2. The van der Waals surface area contributed by atoms with Crippen LogP contribution in [0.2, 0.25) is 0 Å². The van der Waals surface area contributed by atoms with Crippen molar-refractivity contribution in [2.24, 2.45) is 0 Å². The molecule has 6 heteroatoms. The molecule has 0 bridgehead atoms. The molecule has 1 atom stereocenters. The highest BCUT2D eigenvalue weighted by Crippen LogP contribution is 2.30. The number of amides is 1. The summed E-state index contributed by atoms with van der Waals surface area (Å²) in [5, 5.41) is 7.39. The quantitative estimate of drug-likeness (QED) is 0.870. The first-order valence-corrected chi connectivity index (χ1v) is 8.41. The number of esters is 1. The van der Waals surface area contributed by atoms with Crippen LogP contribution in [0.4, 0.5) is 5.69 Å². The van der Waals surface area contributed by atoms with Crippen LogP contribution in [-0.2, 0) is 16.0 Å². The van der Waals surface area contributed by atoms with Crippen molar-refractivity contribution < 1.29 is 14.3 Å². The summed E-state index contributed by atoms with van der Waals surface area (Å²) in [6.45, 7) is 9.48. The number of aromatic nitrogens is 2. The molecule has 0 saturated heterocycles. The fraction of sp³-hybridized carbons (Fsp3) is 0.421. The van der Waals surface area contributed by atoms with Crippen molar-refractivity contribution in [1.82, 2.24) is 9.78 Å². The van der Waals surface area contributed by atoms with Crippen LogP contribution in [-0.4, -0.2) is 27.3 Å². The molecular weight excluding hydrogens is 318 g/mol. The van der Waals surface area contributed by atoms with Crippen LogP contribution in [0.15, 0.2) is 24.3 Å².